The zero-order valence-electron chi connectivity index (χ0n) is 7.70. The van der Waals surface area contributed by atoms with Crippen LogP contribution < -0.4 is 0 Å². The number of aromatic hydroxyl groups is 1. The Morgan fingerprint density at radius 2 is 1.93 bits per heavy atom. The van der Waals surface area contributed by atoms with E-state index in [1.165, 1.54) is 0 Å². The van der Waals surface area contributed by atoms with Gasteiger partial charge in [-0.25, -0.2) is 4.98 Å². The molecule has 2 aromatic rings. The van der Waals surface area contributed by atoms with E-state index in [1.807, 2.05) is 32.0 Å². The van der Waals surface area contributed by atoms with Gasteiger partial charge in [0.2, 0.25) is 0 Å². The Labute approximate surface area is 84.2 Å². The first-order valence-electron chi connectivity index (χ1n) is 4.24. The number of rotatable bonds is 0. The molecule has 0 saturated heterocycles. The summed E-state index contributed by atoms with van der Waals surface area (Å²) in [6.07, 6.45) is 0. The maximum Gasteiger partial charge on any atom is 0.141 e. The Hall–Kier alpha value is -1.57. The van der Waals surface area contributed by atoms with Crippen molar-refractivity contribution in [2.75, 3.05) is 0 Å². The minimum atomic E-state index is 0. The van der Waals surface area contributed by atoms with Gasteiger partial charge < -0.3 is 5.11 Å². The van der Waals surface area contributed by atoms with Crippen molar-refractivity contribution in [1.29, 1.82) is 0 Å². The van der Waals surface area contributed by atoms with Crippen molar-refractivity contribution < 1.29 is 5.11 Å². The third kappa shape index (κ3) is 1.55. The van der Waals surface area contributed by atoms with E-state index >= 15 is 0 Å². The lowest BCUT2D eigenvalue weighted by Crippen LogP contribution is -1.88. The average Bonchev–Trinajstić information content (AvgIpc) is 2.09. The molecule has 0 saturated carbocycles. The predicted octanol–water partition coefficient (Wildman–Crippen LogP) is 3.19. The molecule has 0 fully saturated rings. The first kappa shape index (κ1) is 10.5. The fourth-order valence-corrected chi connectivity index (χ4v) is 1.38. The number of aryl methyl sites for hydroxylation is 2. The third-order valence-corrected chi connectivity index (χ3v) is 2.27. The van der Waals surface area contributed by atoms with Gasteiger partial charge in [-0.2, -0.15) is 0 Å². The molecule has 14 heavy (non-hydrogen) atoms. The summed E-state index contributed by atoms with van der Waals surface area (Å²) in [7, 11) is 0. The van der Waals surface area contributed by atoms with Gasteiger partial charge in [0.1, 0.15) is 11.3 Å². The van der Waals surface area contributed by atoms with Crippen LogP contribution in [0, 0.1) is 13.8 Å². The fraction of sp³-hybridized carbons (Fsp3) is 0.250. The number of hydrogen-bond acceptors (Lipinski definition) is 2. The second-order valence-electron chi connectivity index (χ2n) is 3.24. The third-order valence-electron chi connectivity index (χ3n) is 2.27. The van der Waals surface area contributed by atoms with E-state index in [0.717, 1.165) is 16.6 Å². The van der Waals surface area contributed by atoms with E-state index in [-0.39, 0.29) is 13.2 Å². The summed E-state index contributed by atoms with van der Waals surface area (Å²) >= 11 is 0. The molecule has 1 N–H and O–H groups in total. The number of pyridine rings is 1. The van der Waals surface area contributed by atoms with Gasteiger partial charge in [-0.05, 0) is 31.5 Å². The predicted molar refractivity (Wildman–Crippen MR) is 59.6 cm³/mol. The van der Waals surface area contributed by atoms with Gasteiger partial charge in [-0.1, -0.05) is 19.6 Å². The zero-order chi connectivity index (χ0) is 9.42. The summed E-state index contributed by atoms with van der Waals surface area (Å²) in [6.45, 7) is 3.97. The molecule has 2 rings (SSSR count). The molecule has 0 aliphatic heterocycles. The summed E-state index contributed by atoms with van der Waals surface area (Å²) in [6, 6.07) is 7.48. The SMILES string of the molecule is C.Cc1cc2cccc(O)c2nc1C. The average molecular weight is 189 g/mol. The lowest BCUT2D eigenvalue weighted by molar-refractivity contribution is 0.480. The first-order chi connectivity index (χ1) is 6.18. The van der Waals surface area contributed by atoms with Gasteiger partial charge >= 0.3 is 0 Å². The summed E-state index contributed by atoms with van der Waals surface area (Å²) in [5, 5.41) is 10.5. The van der Waals surface area contributed by atoms with Crippen LogP contribution >= 0.6 is 0 Å². The lowest BCUT2D eigenvalue weighted by atomic mass is 10.1. The molecule has 2 heteroatoms. The maximum atomic E-state index is 9.52. The van der Waals surface area contributed by atoms with Crippen molar-refractivity contribution in [2.24, 2.45) is 0 Å². The molecular weight excluding hydrogens is 174 g/mol. The second-order valence-corrected chi connectivity index (χ2v) is 3.24. The number of aromatic nitrogens is 1. The highest BCUT2D eigenvalue weighted by atomic mass is 16.3. The molecule has 0 aliphatic rings. The monoisotopic (exact) mass is 189 g/mol. The molecule has 1 heterocycles. The highest BCUT2D eigenvalue weighted by Gasteiger charge is 2.02. The van der Waals surface area contributed by atoms with Gasteiger partial charge in [-0.3, -0.25) is 0 Å². The molecule has 74 valence electrons. The molecule has 0 amide bonds. The molecule has 0 bridgehead atoms. The zero-order valence-corrected chi connectivity index (χ0v) is 7.70. The van der Waals surface area contributed by atoms with Gasteiger partial charge in [0, 0.05) is 11.1 Å². The van der Waals surface area contributed by atoms with Crippen LogP contribution in [-0.4, -0.2) is 10.1 Å². The van der Waals surface area contributed by atoms with Crippen LogP contribution in [0.3, 0.4) is 0 Å². The number of phenols is 1. The van der Waals surface area contributed by atoms with Crippen LogP contribution in [0.2, 0.25) is 0 Å². The van der Waals surface area contributed by atoms with E-state index in [2.05, 4.69) is 4.98 Å². The number of phenolic OH excluding ortho intramolecular Hbond substituents is 1. The first-order valence-corrected chi connectivity index (χ1v) is 4.24. The summed E-state index contributed by atoms with van der Waals surface area (Å²) in [4.78, 5) is 4.32. The van der Waals surface area contributed by atoms with E-state index in [1.54, 1.807) is 6.07 Å². The normalized spacial score (nSPS) is 9.86. The largest absolute Gasteiger partial charge is 0.506 e. The van der Waals surface area contributed by atoms with Crippen molar-refractivity contribution in [3.8, 4) is 5.75 Å². The quantitative estimate of drug-likeness (QED) is 0.690. The minimum absolute atomic E-state index is 0. The Bertz CT molecular complexity index is 463. The van der Waals surface area contributed by atoms with Crippen LogP contribution in [0.25, 0.3) is 10.9 Å². The fourth-order valence-electron chi connectivity index (χ4n) is 1.38. The van der Waals surface area contributed by atoms with Crippen molar-refractivity contribution in [3.05, 3.63) is 35.5 Å². The van der Waals surface area contributed by atoms with E-state index in [0.29, 0.717) is 5.52 Å². The molecular formula is C12H15NO. The topological polar surface area (TPSA) is 33.1 Å². The highest BCUT2D eigenvalue weighted by molar-refractivity contribution is 5.84. The molecule has 0 atom stereocenters. The van der Waals surface area contributed by atoms with Crippen LogP contribution in [0.1, 0.15) is 18.7 Å². The number of fused-ring (bicyclic) bond motifs is 1. The number of para-hydroxylation sites is 1. The van der Waals surface area contributed by atoms with E-state index in [4.69, 9.17) is 0 Å². The number of nitrogens with zero attached hydrogens (tertiary/aromatic N) is 1. The van der Waals surface area contributed by atoms with Gasteiger partial charge in [-0.15, -0.1) is 0 Å². The van der Waals surface area contributed by atoms with Crippen molar-refractivity contribution in [2.45, 2.75) is 21.3 Å². The summed E-state index contributed by atoms with van der Waals surface area (Å²) in [5.41, 5.74) is 2.80. The molecule has 2 nitrogen and oxygen atoms in total. The van der Waals surface area contributed by atoms with E-state index < -0.39 is 0 Å². The van der Waals surface area contributed by atoms with Crippen LogP contribution in [-0.2, 0) is 0 Å². The van der Waals surface area contributed by atoms with Crippen molar-refractivity contribution >= 4 is 10.9 Å². The molecule has 1 aromatic carbocycles. The molecule has 1 aromatic heterocycles. The summed E-state index contributed by atoms with van der Waals surface area (Å²) in [5.74, 6) is 0.251. The van der Waals surface area contributed by atoms with Crippen LogP contribution in [0.4, 0.5) is 0 Å². The Balaban J connectivity index is 0.000000980. The maximum absolute atomic E-state index is 9.52. The van der Waals surface area contributed by atoms with Gasteiger partial charge in [0.15, 0.2) is 0 Å². The Morgan fingerprint density at radius 1 is 1.21 bits per heavy atom. The van der Waals surface area contributed by atoms with Gasteiger partial charge in [0.05, 0.1) is 0 Å². The highest BCUT2D eigenvalue weighted by Crippen LogP contribution is 2.23. The van der Waals surface area contributed by atoms with Crippen molar-refractivity contribution in [3.63, 3.8) is 0 Å². The van der Waals surface area contributed by atoms with Crippen LogP contribution in [0.5, 0.6) is 5.75 Å². The number of benzene rings is 1. The Morgan fingerprint density at radius 3 is 2.64 bits per heavy atom. The lowest BCUT2D eigenvalue weighted by Gasteiger charge is -2.03. The van der Waals surface area contributed by atoms with Crippen LogP contribution in [0.15, 0.2) is 24.3 Å². The molecule has 0 aliphatic carbocycles. The second kappa shape index (κ2) is 3.66. The van der Waals surface area contributed by atoms with E-state index in [9.17, 15) is 5.11 Å². The standard InChI is InChI=1S/C11H11NO.CH4/c1-7-6-9-4-3-5-10(13)11(9)12-8(7)2;/h3-6,13H,1-2H3;1H4. The number of hydrogen-bond donors (Lipinski definition) is 1. The molecule has 0 spiro atoms. The van der Waals surface area contributed by atoms with Gasteiger partial charge in [0.25, 0.3) is 0 Å². The Kier molecular flexibility index (Phi) is 2.75. The van der Waals surface area contributed by atoms with Crippen molar-refractivity contribution in [1.82, 2.24) is 4.98 Å². The summed E-state index contributed by atoms with van der Waals surface area (Å²) < 4.78 is 0. The smallest absolute Gasteiger partial charge is 0.141 e. The molecule has 0 radical (unpaired) electrons. The molecule has 0 unspecified atom stereocenters. The minimum Gasteiger partial charge on any atom is -0.506 e.